The standard InChI is InChI=1S/C30H50O3/c1-18(2)9-8-10-19(3)21-11-12-22-20-17-25-30(32-25)26-24(31-27(4,5)33-26)14-16-29(30,7)23(20)13-15-28(21,22)6/h18-26H,8-17H2,1-7H3/t19-,20-,21+,22-,23-,24-,25-,26-,28+,29+,30+/m0/s1. The first-order valence-corrected chi connectivity index (χ1v) is 14.6. The Kier molecular flexibility index (Phi) is 5.26. The molecule has 2 saturated heterocycles. The molecule has 0 aromatic heterocycles. The van der Waals surface area contributed by atoms with Crippen molar-refractivity contribution < 1.29 is 14.2 Å². The Bertz CT molecular complexity index is 777. The largest absolute Gasteiger partial charge is 0.362 e. The van der Waals surface area contributed by atoms with E-state index in [1.165, 1.54) is 57.8 Å². The van der Waals surface area contributed by atoms with Crippen molar-refractivity contribution in [1.29, 1.82) is 0 Å². The second-order valence-electron chi connectivity index (χ2n) is 14.6. The van der Waals surface area contributed by atoms with Crippen LogP contribution in [0.1, 0.15) is 113 Å². The number of epoxide rings is 1. The van der Waals surface area contributed by atoms with Crippen LogP contribution in [0.4, 0.5) is 0 Å². The molecular weight excluding hydrogens is 408 g/mol. The average molecular weight is 459 g/mol. The van der Waals surface area contributed by atoms with Crippen molar-refractivity contribution in [3.63, 3.8) is 0 Å². The number of ether oxygens (including phenoxy) is 3. The highest BCUT2D eigenvalue weighted by molar-refractivity contribution is 5.28. The van der Waals surface area contributed by atoms with Gasteiger partial charge in [-0.25, -0.2) is 0 Å². The van der Waals surface area contributed by atoms with Crippen LogP contribution in [0.25, 0.3) is 0 Å². The summed E-state index contributed by atoms with van der Waals surface area (Å²) in [4.78, 5) is 0. The summed E-state index contributed by atoms with van der Waals surface area (Å²) in [7, 11) is 0. The molecule has 6 fully saturated rings. The van der Waals surface area contributed by atoms with E-state index in [-0.39, 0.29) is 23.2 Å². The third-order valence-corrected chi connectivity index (χ3v) is 12.1. The van der Waals surface area contributed by atoms with Gasteiger partial charge in [-0.2, -0.15) is 0 Å². The summed E-state index contributed by atoms with van der Waals surface area (Å²) in [6.45, 7) is 16.8. The van der Waals surface area contributed by atoms with Crippen molar-refractivity contribution in [3.8, 4) is 0 Å². The topological polar surface area (TPSA) is 31.0 Å². The second-order valence-corrected chi connectivity index (χ2v) is 14.6. The third kappa shape index (κ3) is 3.16. The lowest BCUT2D eigenvalue weighted by atomic mass is 9.44. The molecule has 0 N–H and O–H groups in total. The first-order valence-electron chi connectivity index (χ1n) is 14.6. The van der Waals surface area contributed by atoms with Gasteiger partial charge in [0.1, 0.15) is 11.7 Å². The summed E-state index contributed by atoms with van der Waals surface area (Å²) < 4.78 is 19.7. The van der Waals surface area contributed by atoms with E-state index in [4.69, 9.17) is 14.2 Å². The van der Waals surface area contributed by atoms with Gasteiger partial charge in [-0.15, -0.1) is 0 Å². The fourth-order valence-corrected chi connectivity index (χ4v) is 10.7. The highest BCUT2D eigenvalue weighted by Crippen LogP contribution is 2.75. The minimum absolute atomic E-state index is 0.0687. The van der Waals surface area contributed by atoms with E-state index in [9.17, 15) is 0 Å². The predicted octanol–water partition coefficient (Wildman–Crippen LogP) is 7.37. The maximum atomic E-state index is 6.80. The maximum Gasteiger partial charge on any atom is 0.163 e. The first-order chi connectivity index (χ1) is 15.5. The normalized spacial score (nSPS) is 54.7. The van der Waals surface area contributed by atoms with Crippen LogP contribution in [-0.2, 0) is 14.2 Å². The van der Waals surface area contributed by atoms with E-state index in [2.05, 4.69) is 48.5 Å². The molecule has 0 unspecified atom stereocenters. The molecule has 2 heterocycles. The van der Waals surface area contributed by atoms with E-state index in [0.29, 0.717) is 11.5 Å². The van der Waals surface area contributed by atoms with Gasteiger partial charge >= 0.3 is 0 Å². The number of hydrogen-bond donors (Lipinski definition) is 0. The molecule has 4 aliphatic carbocycles. The number of hydrogen-bond acceptors (Lipinski definition) is 3. The Labute approximate surface area is 203 Å². The molecule has 0 aromatic carbocycles. The quantitative estimate of drug-likeness (QED) is 0.403. The van der Waals surface area contributed by atoms with Gasteiger partial charge in [0.05, 0.1) is 12.2 Å². The molecule has 4 saturated carbocycles. The lowest BCUT2D eigenvalue weighted by Crippen LogP contribution is -2.63. The fraction of sp³-hybridized carbons (Fsp3) is 1.00. The summed E-state index contributed by atoms with van der Waals surface area (Å²) in [5.74, 6) is 4.76. The summed E-state index contributed by atoms with van der Waals surface area (Å²) in [5.41, 5.74) is 0.740. The van der Waals surface area contributed by atoms with Crippen LogP contribution in [0.3, 0.4) is 0 Å². The van der Waals surface area contributed by atoms with Gasteiger partial charge < -0.3 is 14.2 Å². The molecule has 11 atom stereocenters. The molecule has 0 aromatic rings. The summed E-state index contributed by atoms with van der Waals surface area (Å²) >= 11 is 0. The fourth-order valence-electron chi connectivity index (χ4n) is 10.7. The molecule has 3 nitrogen and oxygen atoms in total. The predicted molar refractivity (Wildman–Crippen MR) is 132 cm³/mol. The minimum atomic E-state index is -0.460. The SMILES string of the molecule is CC(C)CCC[C@H](C)[C@H]1CC[C@H]2[C@@H]3C[C@@H]4O[C@@]45[C@H]4OC(C)(C)O[C@H]4CC[C@]5(C)[C@H]3CC[C@]12C. The Morgan fingerprint density at radius 2 is 1.61 bits per heavy atom. The Morgan fingerprint density at radius 3 is 2.36 bits per heavy atom. The van der Waals surface area contributed by atoms with Crippen molar-refractivity contribution in [3.05, 3.63) is 0 Å². The Hall–Kier alpha value is -0.120. The van der Waals surface area contributed by atoms with Crippen molar-refractivity contribution >= 4 is 0 Å². The van der Waals surface area contributed by atoms with Gasteiger partial charge in [0, 0.05) is 5.41 Å². The van der Waals surface area contributed by atoms with E-state index >= 15 is 0 Å². The Morgan fingerprint density at radius 1 is 0.818 bits per heavy atom. The molecule has 2 aliphatic heterocycles. The van der Waals surface area contributed by atoms with E-state index in [1.54, 1.807) is 0 Å². The van der Waals surface area contributed by atoms with E-state index < -0.39 is 5.79 Å². The molecular formula is C30H50O3. The van der Waals surface area contributed by atoms with E-state index in [0.717, 1.165) is 41.9 Å². The van der Waals surface area contributed by atoms with Crippen LogP contribution in [-0.4, -0.2) is 29.7 Å². The summed E-state index contributed by atoms with van der Waals surface area (Å²) in [6, 6.07) is 0. The van der Waals surface area contributed by atoms with Crippen LogP contribution >= 0.6 is 0 Å². The van der Waals surface area contributed by atoms with Gasteiger partial charge in [-0.3, -0.25) is 0 Å². The highest BCUT2D eigenvalue weighted by atomic mass is 16.8. The number of fused-ring (bicyclic) bond motifs is 5. The molecule has 6 rings (SSSR count). The van der Waals surface area contributed by atoms with Crippen molar-refractivity contribution in [1.82, 2.24) is 0 Å². The molecule has 1 spiro atoms. The first kappa shape index (κ1) is 23.3. The van der Waals surface area contributed by atoms with E-state index in [1.807, 2.05) is 0 Å². The molecule has 33 heavy (non-hydrogen) atoms. The van der Waals surface area contributed by atoms with Crippen molar-refractivity contribution in [2.75, 3.05) is 0 Å². The zero-order valence-corrected chi connectivity index (χ0v) is 22.5. The average Bonchev–Trinajstić information content (AvgIpc) is 3.21. The summed E-state index contributed by atoms with van der Waals surface area (Å²) in [5, 5.41) is 0. The Balaban J connectivity index is 1.22. The van der Waals surface area contributed by atoms with Gasteiger partial charge in [0.15, 0.2) is 5.79 Å². The van der Waals surface area contributed by atoms with Gasteiger partial charge in [0.2, 0.25) is 0 Å². The van der Waals surface area contributed by atoms with Crippen LogP contribution in [0.5, 0.6) is 0 Å². The van der Waals surface area contributed by atoms with Crippen molar-refractivity contribution in [2.45, 2.75) is 142 Å². The molecule has 3 heteroatoms. The smallest absolute Gasteiger partial charge is 0.163 e. The molecule has 0 bridgehead atoms. The monoisotopic (exact) mass is 458 g/mol. The van der Waals surface area contributed by atoms with Crippen LogP contribution in [0, 0.1) is 46.3 Å². The zero-order valence-electron chi connectivity index (χ0n) is 22.5. The van der Waals surface area contributed by atoms with Crippen molar-refractivity contribution in [2.24, 2.45) is 46.3 Å². The van der Waals surface area contributed by atoms with Gasteiger partial charge in [-0.1, -0.05) is 53.9 Å². The lowest BCUT2D eigenvalue weighted by molar-refractivity contribution is -0.166. The lowest BCUT2D eigenvalue weighted by Gasteiger charge is -2.60. The van der Waals surface area contributed by atoms with Crippen LogP contribution < -0.4 is 0 Å². The third-order valence-electron chi connectivity index (χ3n) is 12.1. The maximum absolute atomic E-state index is 6.80. The number of rotatable bonds is 5. The zero-order chi connectivity index (χ0) is 23.4. The minimum Gasteiger partial charge on any atom is -0.362 e. The van der Waals surface area contributed by atoms with Crippen LogP contribution in [0.2, 0.25) is 0 Å². The second kappa shape index (κ2) is 7.45. The highest BCUT2D eigenvalue weighted by Gasteiger charge is 2.81. The molecule has 0 amide bonds. The molecule has 6 aliphatic rings. The molecule has 0 radical (unpaired) electrons. The van der Waals surface area contributed by atoms with Crippen LogP contribution in [0.15, 0.2) is 0 Å². The summed E-state index contributed by atoms with van der Waals surface area (Å²) in [6.07, 6.45) is 14.5. The molecule has 188 valence electrons. The van der Waals surface area contributed by atoms with Gasteiger partial charge in [0.25, 0.3) is 0 Å². The van der Waals surface area contributed by atoms with Gasteiger partial charge in [-0.05, 0) is 99.7 Å².